The van der Waals surface area contributed by atoms with Crippen LogP contribution < -0.4 is 10.6 Å². The first-order valence-electron chi connectivity index (χ1n) is 10.7. The minimum absolute atomic E-state index is 0.0697. The highest BCUT2D eigenvalue weighted by molar-refractivity contribution is 6.18. The normalized spacial score (nSPS) is 10.6. The Hall–Kier alpha value is -4.41. The first-order valence-corrected chi connectivity index (χ1v) is 10.7. The van der Waals surface area contributed by atoms with Gasteiger partial charge in [0.1, 0.15) is 5.52 Å². The lowest BCUT2D eigenvalue weighted by Gasteiger charge is -2.17. The summed E-state index contributed by atoms with van der Waals surface area (Å²) in [5, 5.41) is 28.6. The van der Waals surface area contributed by atoms with Crippen LogP contribution in [0.15, 0.2) is 42.5 Å². The molecule has 176 valence electrons. The van der Waals surface area contributed by atoms with Crippen molar-refractivity contribution in [3.8, 4) is 11.3 Å². The number of non-ortho nitro benzene ring substituents is 2. The molecule has 0 radical (unpaired) electrons. The van der Waals surface area contributed by atoms with Crippen molar-refractivity contribution in [1.82, 2.24) is 15.6 Å². The van der Waals surface area contributed by atoms with Crippen LogP contribution in [-0.4, -0.2) is 39.7 Å². The zero-order chi connectivity index (χ0) is 24.8. The highest BCUT2D eigenvalue weighted by atomic mass is 16.6. The van der Waals surface area contributed by atoms with E-state index in [1.165, 1.54) is 0 Å². The largest absolute Gasteiger partial charge is 0.352 e. The summed E-state index contributed by atoms with van der Waals surface area (Å²) in [6.07, 6.45) is 1.22. The molecule has 11 heteroatoms. The van der Waals surface area contributed by atoms with E-state index in [1.807, 2.05) is 13.8 Å². The Bertz CT molecular complexity index is 1280. The van der Waals surface area contributed by atoms with E-state index in [9.17, 15) is 29.8 Å². The quantitative estimate of drug-likeness (QED) is 0.357. The third-order valence-corrected chi connectivity index (χ3v) is 5.03. The molecule has 11 nitrogen and oxygen atoms in total. The molecule has 0 spiro atoms. The summed E-state index contributed by atoms with van der Waals surface area (Å²) in [6.45, 7) is 4.29. The van der Waals surface area contributed by atoms with Gasteiger partial charge in [-0.2, -0.15) is 0 Å². The van der Waals surface area contributed by atoms with Crippen LogP contribution in [0.5, 0.6) is 0 Å². The van der Waals surface area contributed by atoms with Crippen molar-refractivity contribution >= 4 is 34.1 Å². The van der Waals surface area contributed by atoms with Crippen molar-refractivity contribution in [3.63, 3.8) is 0 Å². The van der Waals surface area contributed by atoms with Crippen LogP contribution in [0.4, 0.5) is 11.4 Å². The van der Waals surface area contributed by atoms with Crippen molar-refractivity contribution in [3.05, 3.63) is 73.8 Å². The van der Waals surface area contributed by atoms with E-state index in [0.29, 0.717) is 24.9 Å². The summed E-state index contributed by atoms with van der Waals surface area (Å²) in [6, 6.07) is 10.3. The lowest BCUT2D eigenvalue weighted by molar-refractivity contribution is -0.393. The van der Waals surface area contributed by atoms with Gasteiger partial charge in [0.05, 0.1) is 32.7 Å². The minimum atomic E-state index is -0.790. The number of hydrogen-bond donors (Lipinski definition) is 2. The summed E-state index contributed by atoms with van der Waals surface area (Å²) in [5.41, 5.74) is -1.20. The topological polar surface area (TPSA) is 157 Å². The number of carbonyl (C=O) groups excluding carboxylic acids is 2. The Labute approximate surface area is 194 Å². The SMILES string of the molecule is CCCNC(=O)c1c(-c2ccccc2)nc2c([N+](=O)[O-])cc([N+](=O)[O-])cc2c1C(=O)NCCC. The number of fused-ring (bicyclic) bond motifs is 1. The van der Waals surface area contributed by atoms with Crippen LogP contribution in [0, 0.1) is 20.2 Å². The van der Waals surface area contributed by atoms with Gasteiger partial charge in [-0.25, -0.2) is 4.98 Å². The molecule has 34 heavy (non-hydrogen) atoms. The summed E-state index contributed by atoms with van der Waals surface area (Å²) >= 11 is 0. The van der Waals surface area contributed by atoms with Gasteiger partial charge in [0, 0.05) is 30.1 Å². The monoisotopic (exact) mass is 465 g/mol. The summed E-state index contributed by atoms with van der Waals surface area (Å²) in [7, 11) is 0. The fraction of sp³-hybridized carbons (Fsp3) is 0.261. The van der Waals surface area contributed by atoms with Crippen molar-refractivity contribution in [2.75, 3.05) is 13.1 Å². The Morgan fingerprint density at radius 3 is 2.00 bits per heavy atom. The van der Waals surface area contributed by atoms with Gasteiger partial charge in [-0.15, -0.1) is 0 Å². The number of nitro benzene ring substituents is 2. The van der Waals surface area contributed by atoms with E-state index < -0.39 is 33.0 Å². The van der Waals surface area contributed by atoms with E-state index in [-0.39, 0.29) is 34.3 Å². The van der Waals surface area contributed by atoms with E-state index in [4.69, 9.17) is 0 Å². The van der Waals surface area contributed by atoms with E-state index >= 15 is 0 Å². The number of benzene rings is 2. The predicted octanol–water partition coefficient (Wildman–Crippen LogP) is 4.00. The first kappa shape index (κ1) is 24.2. The Morgan fingerprint density at radius 2 is 1.47 bits per heavy atom. The lowest BCUT2D eigenvalue weighted by atomic mass is 9.94. The minimum Gasteiger partial charge on any atom is -0.352 e. The number of nitrogens with zero attached hydrogens (tertiary/aromatic N) is 3. The molecule has 0 saturated carbocycles. The van der Waals surface area contributed by atoms with Crippen molar-refractivity contribution in [2.45, 2.75) is 26.7 Å². The van der Waals surface area contributed by atoms with Crippen LogP contribution in [0.3, 0.4) is 0 Å². The number of rotatable bonds is 9. The van der Waals surface area contributed by atoms with Crippen LogP contribution >= 0.6 is 0 Å². The molecule has 0 unspecified atom stereocenters. The maximum absolute atomic E-state index is 13.3. The van der Waals surface area contributed by atoms with E-state index in [2.05, 4.69) is 15.6 Å². The molecule has 1 heterocycles. The number of amides is 2. The molecule has 0 aliphatic heterocycles. The Morgan fingerprint density at radius 1 is 0.882 bits per heavy atom. The van der Waals surface area contributed by atoms with E-state index in [1.54, 1.807) is 30.3 Å². The van der Waals surface area contributed by atoms with Gasteiger partial charge in [-0.3, -0.25) is 29.8 Å². The van der Waals surface area contributed by atoms with Crippen molar-refractivity contribution in [1.29, 1.82) is 0 Å². The molecule has 0 aliphatic carbocycles. The smallest absolute Gasteiger partial charge is 0.302 e. The fourth-order valence-corrected chi connectivity index (χ4v) is 3.49. The number of pyridine rings is 1. The highest BCUT2D eigenvalue weighted by Crippen LogP contribution is 2.37. The van der Waals surface area contributed by atoms with Gasteiger partial charge in [0.25, 0.3) is 17.5 Å². The second kappa shape index (κ2) is 10.5. The van der Waals surface area contributed by atoms with Gasteiger partial charge in [-0.05, 0) is 12.8 Å². The Kier molecular flexibility index (Phi) is 7.46. The van der Waals surface area contributed by atoms with Crippen LogP contribution in [0.2, 0.25) is 0 Å². The molecule has 0 bridgehead atoms. The molecule has 1 aromatic heterocycles. The van der Waals surface area contributed by atoms with Gasteiger partial charge in [0.2, 0.25) is 0 Å². The average molecular weight is 465 g/mol. The molecule has 2 amide bonds. The van der Waals surface area contributed by atoms with Crippen LogP contribution in [-0.2, 0) is 0 Å². The molecular formula is C23H23N5O6. The maximum Gasteiger partial charge on any atom is 0.302 e. The van der Waals surface area contributed by atoms with Crippen LogP contribution in [0.1, 0.15) is 47.4 Å². The van der Waals surface area contributed by atoms with E-state index in [0.717, 1.165) is 12.1 Å². The van der Waals surface area contributed by atoms with Crippen molar-refractivity contribution < 1.29 is 19.4 Å². The second-order valence-corrected chi connectivity index (χ2v) is 7.46. The highest BCUT2D eigenvalue weighted by Gasteiger charge is 2.31. The first-order chi connectivity index (χ1) is 16.3. The number of carbonyl (C=O) groups is 2. The fourth-order valence-electron chi connectivity index (χ4n) is 3.49. The summed E-state index contributed by atoms with van der Waals surface area (Å²) in [4.78, 5) is 52.7. The van der Waals surface area contributed by atoms with Gasteiger partial charge < -0.3 is 10.6 Å². The third kappa shape index (κ3) is 4.82. The average Bonchev–Trinajstić information content (AvgIpc) is 2.84. The molecule has 3 aromatic rings. The number of nitro groups is 2. The molecule has 2 aromatic carbocycles. The molecule has 0 aliphatic rings. The molecular weight excluding hydrogens is 442 g/mol. The summed E-state index contributed by atoms with van der Waals surface area (Å²) in [5.74, 6) is -1.28. The van der Waals surface area contributed by atoms with Crippen molar-refractivity contribution in [2.24, 2.45) is 0 Å². The number of hydrogen-bond acceptors (Lipinski definition) is 7. The molecule has 2 N–H and O–H groups in total. The lowest BCUT2D eigenvalue weighted by Crippen LogP contribution is -2.31. The molecule has 0 fully saturated rings. The zero-order valence-corrected chi connectivity index (χ0v) is 18.7. The molecule has 0 saturated heterocycles. The van der Waals surface area contributed by atoms with Gasteiger partial charge in [-0.1, -0.05) is 44.2 Å². The molecule has 3 rings (SSSR count). The Balaban J connectivity index is 2.52. The standard InChI is InChI=1S/C23H23N5O6/c1-3-10-24-22(29)18-16-12-15(27(31)32)13-17(28(33)34)21(16)26-20(14-8-6-5-7-9-14)19(18)23(30)25-11-4-2/h5-9,12-13H,3-4,10-11H2,1-2H3,(H,24,29)(H,25,30). The third-order valence-electron chi connectivity index (χ3n) is 5.03. The number of nitrogens with one attached hydrogen (secondary N) is 2. The number of aromatic nitrogens is 1. The van der Waals surface area contributed by atoms with Crippen LogP contribution in [0.25, 0.3) is 22.2 Å². The summed E-state index contributed by atoms with van der Waals surface area (Å²) < 4.78 is 0. The maximum atomic E-state index is 13.3. The predicted molar refractivity (Wildman–Crippen MR) is 126 cm³/mol. The van der Waals surface area contributed by atoms with Gasteiger partial charge >= 0.3 is 5.69 Å². The zero-order valence-electron chi connectivity index (χ0n) is 18.7. The second-order valence-electron chi connectivity index (χ2n) is 7.46. The van der Waals surface area contributed by atoms with Gasteiger partial charge in [0.15, 0.2) is 0 Å². The molecule has 0 atom stereocenters.